The molecule has 1 heterocycles. The Bertz CT molecular complexity index is 231. The van der Waals surface area contributed by atoms with E-state index in [2.05, 4.69) is 44.8 Å². The minimum absolute atomic E-state index is 0.161. The first-order valence-electron chi connectivity index (χ1n) is 6.94. The fourth-order valence-corrected chi connectivity index (χ4v) is 2.86. The van der Waals surface area contributed by atoms with Crippen molar-refractivity contribution in [1.29, 1.82) is 0 Å². The molecule has 102 valence electrons. The molecule has 0 saturated carbocycles. The van der Waals surface area contributed by atoms with Crippen molar-refractivity contribution < 1.29 is 4.39 Å². The Morgan fingerprint density at radius 3 is 2.29 bits per heavy atom. The molecular formula is C14H29FN2. The van der Waals surface area contributed by atoms with Crippen molar-refractivity contribution in [2.45, 2.75) is 59.0 Å². The van der Waals surface area contributed by atoms with Crippen LogP contribution in [0, 0.1) is 5.41 Å². The van der Waals surface area contributed by atoms with Crippen LogP contribution in [-0.4, -0.2) is 42.8 Å². The molecule has 1 saturated heterocycles. The zero-order valence-electron chi connectivity index (χ0n) is 12.1. The molecule has 1 fully saturated rings. The Balaban J connectivity index is 2.80. The summed E-state index contributed by atoms with van der Waals surface area (Å²) in [5, 5.41) is 3.68. The number of nitrogens with one attached hydrogen (secondary N) is 1. The number of piperazine rings is 1. The van der Waals surface area contributed by atoms with E-state index in [-0.39, 0.29) is 17.6 Å². The lowest BCUT2D eigenvalue weighted by Crippen LogP contribution is -2.67. The first-order chi connectivity index (χ1) is 7.89. The maximum Gasteiger partial charge on any atom is 0.102 e. The van der Waals surface area contributed by atoms with Crippen LogP contribution in [0.3, 0.4) is 0 Å². The number of halogens is 1. The molecule has 0 spiro atoms. The highest BCUT2D eigenvalue weighted by Crippen LogP contribution is 2.31. The Morgan fingerprint density at radius 2 is 1.88 bits per heavy atom. The van der Waals surface area contributed by atoms with Gasteiger partial charge in [0.05, 0.1) is 0 Å². The van der Waals surface area contributed by atoms with Gasteiger partial charge in [0.15, 0.2) is 0 Å². The van der Waals surface area contributed by atoms with Crippen LogP contribution in [0.25, 0.3) is 0 Å². The topological polar surface area (TPSA) is 15.3 Å². The van der Waals surface area contributed by atoms with E-state index in [1.165, 1.54) is 0 Å². The average molecular weight is 244 g/mol. The van der Waals surface area contributed by atoms with Gasteiger partial charge in [-0.25, -0.2) is 4.39 Å². The van der Waals surface area contributed by atoms with Gasteiger partial charge in [-0.05, 0) is 18.3 Å². The monoisotopic (exact) mass is 244 g/mol. The Morgan fingerprint density at radius 1 is 1.29 bits per heavy atom. The van der Waals surface area contributed by atoms with Gasteiger partial charge < -0.3 is 5.32 Å². The zero-order valence-corrected chi connectivity index (χ0v) is 12.1. The number of hydrogen-bond donors (Lipinski definition) is 1. The third-order valence-corrected chi connectivity index (χ3v) is 4.47. The highest BCUT2D eigenvalue weighted by molar-refractivity contribution is 5.00. The Labute approximate surface area is 106 Å². The zero-order chi connectivity index (χ0) is 13.1. The van der Waals surface area contributed by atoms with Crippen molar-refractivity contribution >= 4 is 0 Å². The molecule has 0 aromatic rings. The van der Waals surface area contributed by atoms with Gasteiger partial charge >= 0.3 is 0 Å². The normalized spacial score (nSPS) is 26.1. The van der Waals surface area contributed by atoms with E-state index in [4.69, 9.17) is 0 Å². The molecule has 1 unspecified atom stereocenters. The first kappa shape index (κ1) is 14.9. The third-order valence-electron chi connectivity index (χ3n) is 4.47. The summed E-state index contributed by atoms with van der Waals surface area (Å²) in [5.74, 6) is 0. The first-order valence-corrected chi connectivity index (χ1v) is 6.94. The molecule has 0 amide bonds. The van der Waals surface area contributed by atoms with Gasteiger partial charge in [0.1, 0.15) is 6.67 Å². The molecule has 1 aliphatic heterocycles. The van der Waals surface area contributed by atoms with E-state index in [9.17, 15) is 4.39 Å². The standard InChI is InChI=1S/C14H29FN2/c1-6-14(7-2)11-16-12(13(3,4)5)10-17(14)9-8-15/h12,16H,6-11H2,1-5H3. The molecule has 1 N–H and O–H groups in total. The summed E-state index contributed by atoms with van der Waals surface area (Å²) in [7, 11) is 0. The van der Waals surface area contributed by atoms with Crippen LogP contribution in [0.4, 0.5) is 4.39 Å². The number of hydrogen-bond acceptors (Lipinski definition) is 2. The van der Waals surface area contributed by atoms with E-state index >= 15 is 0 Å². The quantitative estimate of drug-likeness (QED) is 0.818. The van der Waals surface area contributed by atoms with Crippen LogP contribution in [0.15, 0.2) is 0 Å². The number of nitrogens with zero attached hydrogens (tertiary/aromatic N) is 1. The van der Waals surface area contributed by atoms with Crippen molar-refractivity contribution in [3.63, 3.8) is 0 Å². The summed E-state index contributed by atoms with van der Waals surface area (Å²) in [6.07, 6.45) is 2.18. The third kappa shape index (κ3) is 3.19. The molecule has 0 aliphatic carbocycles. The maximum absolute atomic E-state index is 12.8. The highest BCUT2D eigenvalue weighted by atomic mass is 19.1. The Kier molecular flexibility index (Phi) is 4.96. The Hall–Kier alpha value is -0.150. The summed E-state index contributed by atoms with van der Waals surface area (Å²) in [6, 6.07) is 0.459. The number of rotatable bonds is 4. The molecule has 1 atom stereocenters. The molecular weight excluding hydrogens is 215 g/mol. The van der Waals surface area contributed by atoms with Gasteiger partial charge in [0.2, 0.25) is 0 Å². The fraction of sp³-hybridized carbons (Fsp3) is 1.00. The average Bonchev–Trinajstić information content (AvgIpc) is 2.28. The molecule has 1 aliphatic rings. The van der Waals surface area contributed by atoms with E-state index in [1.807, 2.05) is 0 Å². The summed E-state index contributed by atoms with van der Waals surface area (Å²) in [6.45, 7) is 13.5. The van der Waals surface area contributed by atoms with Gasteiger partial charge in [0, 0.05) is 31.2 Å². The summed E-state index contributed by atoms with van der Waals surface area (Å²) < 4.78 is 12.8. The second kappa shape index (κ2) is 5.66. The molecule has 1 rings (SSSR count). The van der Waals surface area contributed by atoms with Crippen LogP contribution in [0.2, 0.25) is 0 Å². The van der Waals surface area contributed by atoms with Crippen LogP contribution in [0.1, 0.15) is 47.5 Å². The molecule has 2 nitrogen and oxygen atoms in total. The van der Waals surface area contributed by atoms with Crippen LogP contribution < -0.4 is 5.32 Å². The van der Waals surface area contributed by atoms with E-state index < -0.39 is 0 Å². The minimum Gasteiger partial charge on any atom is -0.310 e. The van der Waals surface area contributed by atoms with Crippen molar-refractivity contribution in [3.05, 3.63) is 0 Å². The maximum atomic E-state index is 12.8. The van der Waals surface area contributed by atoms with Gasteiger partial charge in [0.25, 0.3) is 0 Å². The van der Waals surface area contributed by atoms with Gasteiger partial charge in [-0.2, -0.15) is 0 Å². The van der Waals surface area contributed by atoms with E-state index in [0.717, 1.165) is 25.9 Å². The minimum atomic E-state index is -0.237. The van der Waals surface area contributed by atoms with Gasteiger partial charge in [-0.1, -0.05) is 34.6 Å². The second-order valence-corrected chi connectivity index (χ2v) is 6.37. The van der Waals surface area contributed by atoms with Crippen LogP contribution in [-0.2, 0) is 0 Å². The fourth-order valence-electron chi connectivity index (χ4n) is 2.86. The largest absolute Gasteiger partial charge is 0.310 e. The predicted molar refractivity (Wildman–Crippen MR) is 72.1 cm³/mol. The van der Waals surface area contributed by atoms with Crippen molar-refractivity contribution in [2.75, 3.05) is 26.3 Å². The second-order valence-electron chi connectivity index (χ2n) is 6.37. The SMILES string of the molecule is CCC1(CC)CNC(C(C)(C)C)CN1CCF. The van der Waals surface area contributed by atoms with Crippen molar-refractivity contribution in [3.8, 4) is 0 Å². The predicted octanol–water partition coefficient (Wildman–Crippen LogP) is 2.83. The van der Waals surface area contributed by atoms with E-state index in [0.29, 0.717) is 12.6 Å². The van der Waals surface area contributed by atoms with Gasteiger partial charge in [-0.15, -0.1) is 0 Å². The van der Waals surface area contributed by atoms with Crippen LogP contribution >= 0.6 is 0 Å². The molecule has 0 bridgehead atoms. The lowest BCUT2D eigenvalue weighted by molar-refractivity contribution is 0.00426. The molecule has 0 aromatic carbocycles. The van der Waals surface area contributed by atoms with Crippen molar-refractivity contribution in [1.82, 2.24) is 10.2 Å². The van der Waals surface area contributed by atoms with Crippen LogP contribution in [0.5, 0.6) is 0 Å². The van der Waals surface area contributed by atoms with Crippen molar-refractivity contribution in [2.24, 2.45) is 5.41 Å². The molecule has 0 radical (unpaired) electrons. The molecule has 17 heavy (non-hydrogen) atoms. The molecule has 3 heteroatoms. The summed E-state index contributed by atoms with van der Waals surface area (Å²) in [4.78, 5) is 2.37. The lowest BCUT2D eigenvalue weighted by Gasteiger charge is -2.52. The van der Waals surface area contributed by atoms with E-state index in [1.54, 1.807) is 0 Å². The lowest BCUT2D eigenvalue weighted by atomic mass is 9.80. The highest BCUT2D eigenvalue weighted by Gasteiger charge is 2.41. The smallest absolute Gasteiger partial charge is 0.102 e. The molecule has 0 aromatic heterocycles. The summed E-state index contributed by atoms with van der Waals surface area (Å²) in [5.41, 5.74) is 0.399. The number of alkyl halides is 1. The summed E-state index contributed by atoms with van der Waals surface area (Å²) >= 11 is 0. The van der Waals surface area contributed by atoms with Gasteiger partial charge in [-0.3, -0.25) is 4.90 Å².